The lowest BCUT2D eigenvalue weighted by Gasteiger charge is -1.85. The summed E-state index contributed by atoms with van der Waals surface area (Å²) in [6.45, 7) is 0. The molecule has 0 spiro atoms. The molecule has 0 aromatic rings. The molecule has 0 aliphatic carbocycles. The summed E-state index contributed by atoms with van der Waals surface area (Å²) in [5.74, 6) is -0.991. The molecule has 0 bridgehead atoms. The predicted octanol–water partition coefficient (Wildman–Crippen LogP) is -0.469. The van der Waals surface area contributed by atoms with Crippen molar-refractivity contribution in [3.8, 4) is 0 Å². The molecule has 0 N–H and O–H groups in total. The maximum atomic E-state index is 9.50. The van der Waals surface area contributed by atoms with Crippen molar-refractivity contribution < 1.29 is 9.90 Å². The zero-order valence-electron chi connectivity index (χ0n) is 3.56. The maximum absolute atomic E-state index is 9.50. The van der Waals surface area contributed by atoms with E-state index in [9.17, 15) is 9.90 Å². The van der Waals surface area contributed by atoms with Crippen LogP contribution in [0.1, 0.15) is 0 Å². The summed E-state index contributed by atoms with van der Waals surface area (Å²) in [7, 11) is 0. The summed E-state index contributed by atoms with van der Waals surface area (Å²) in [6, 6.07) is 0. The first kappa shape index (κ1) is 6.50. The van der Waals surface area contributed by atoms with Crippen LogP contribution in [-0.4, -0.2) is 11.8 Å². The monoisotopic (exact) mass is 119 g/mol. The number of carbonyl (C=O) groups excluding carboxylic acids is 1. The van der Waals surface area contributed by atoms with Gasteiger partial charge in [0.1, 0.15) is 0 Å². The van der Waals surface area contributed by atoms with Crippen LogP contribution in [-0.2, 0) is 4.79 Å². The fraction of sp³-hybridized carbons (Fsp3) is 0.250. The standard InChI is InChI=1S/C4H5ClO2/c5-3-1-2-4(6)7/h1-2H,3H2,(H,6,7)/p-1/b2-1+. The molecule has 0 radical (unpaired) electrons. The van der Waals surface area contributed by atoms with Crippen molar-refractivity contribution >= 4 is 17.6 Å². The minimum absolute atomic E-state index is 0.216. The zero-order valence-corrected chi connectivity index (χ0v) is 4.31. The second kappa shape index (κ2) is 3.68. The van der Waals surface area contributed by atoms with Crippen molar-refractivity contribution in [2.75, 3.05) is 5.88 Å². The van der Waals surface area contributed by atoms with Gasteiger partial charge in [0.15, 0.2) is 0 Å². The van der Waals surface area contributed by atoms with Crippen molar-refractivity contribution in [2.45, 2.75) is 0 Å². The molecule has 2 nitrogen and oxygen atoms in total. The van der Waals surface area contributed by atoms with Gasteiger partial charge in [-0.3, -0.25) is 0 Å². The van der Waals surface area contributed by atoms with Crippen LogP contribution in [0, 0.1) is 0 Å². The van der Waals surface area contributed by atoms with Crippen molar-refractivity contribution in [1.29, 1.82) is 0 Å². The molecule has 0 saturated carbocycles. The SMILES string of the molecule is O=C([O-])/C=C/CCl. The molecule has 0 aromatic heterocycles. The Morgan fingerprint density at radius 3 is 2.57 bits per heavy atom. The minimum atomic E-state index is -1.21. The summed E-state index contributed by atoms with van der Waals surface area (Å²) in [6.07, 6.45) is 2.20. The maximum Gasteiger partial charge on any atom is 0.0640 e. The number of hydrogen-bond donors (Lipinski definition) is 0. The van der Waals surface area contributed by atoms with E-state index in [1.165, 1.54) is 6.08 Å². The Morgan fingerprint density at radius 2 is 2.43 bits per heavy atom. The molecule has 3 heteroatoms. The van der Waals surface area contributed by atoms with Gasteiger partial charge in [-0.2, -0.15) is 0 Å². The molecule has 0 aliphatic heterocycles. The van der Waals surface area contributed by atoms with E-state index in [1.807, 2.05) is 0 Å². The number of aliphatic carboxylic acids is 1. The van der Waals surface area contributed by atoms with Gasteiger partial charge in [-0.1, -0.05) is 6.08 Å². The average molecular weight is 120 g/mol. The third kappa shape index (κ3) is 5.50. The molecule has 0 amide bonds. The van der Waals surface area contributed by atoms with Crippen molar-refractivity contribution in [2.24, 2.45) is 0 Å². The van der Waals surface area contributed by atoms with E-state index in [2.05, 4.69) is 0 Å². The molecule has 0 aromatic carbocycles. The van der Waals surface area contributed by atoms with Crippen LogP contribution in [0.5, 0.6) is 0 Å². The first-order valence-electron chi connectivity index (χ1n) is 1.71. The van der Waals surface area contributed by atoms with Crippen LogP contribution in [0.2, 0.25) is 0 Å². The number of carbonyl (C=O) groups is 1. The van der Waals surface area contributed by atoms with Crippen LogP contribution in [0.3, 0.4) is 0 Å². The zero-order chi connectivity index (χ0) is 5.70. The normalized spacial score (nSPS) is 9.86. The predicted molar refractivity (Wildman–Crippen MR) is 24.9 cm³/mol. The lowest BCUT2D eigenvalue weighted by molar-refractivity contribution is -0.297. The number of alkyl halides is 1. The van der Waals surface area contributed by atoms with Crippen molar-refractivity contribution in [3.63, 3.8) is 0 Å². The van der Waals surface area contributed by atoms with E-state index in [0.29, 0.717) is 0 Å². The van der Waals surface area contributed by atoms with Crippen molar-refractivity contribution in [1.82, 2.24) is 0 Å². The van der Waals surface area contributed by atoms with Crippen LogP contribution >= 0.6 is 11.6 Å². The quantitative estimate of drug-likeness (QED) is 0.364. The molecule has 0 aliphatic rings. The number of carboxylic acids is 1. The molecule has 40 valence electrons. The minimum Gasteiger partial charge on any atom is -0.545 e. The third-order valence-electron chi connectivity index (χ3n) is 0.343. The summed E-state index contributed by atoms with van der Waals surface area (Å²) in [5.41, 5.74) is 0. The van der Waals surface area contributed by atoms with Gasteiger partial charge in [0.05, 0.1) is 5.97 Å². The Hall–Kier alpha value is -0.500. The highest BCUT2D eigenvalue weighted by atomic mass is 35.5. The van der Waals surface area contributed by atoms with Crippen LogP contribution < -0.4 is 5.11 Å². The number of hydrogen-bond acceptors (Lipinski definition) is 2. The second-order valence-corrected chi connectivity index (χ2v) is 1.18. The summed E-state index contributed by atoms with van der Waals surface area (Å²) in [5, 5.41) is 9.50. The van der Waals surface area contributed by atoms with E-state index >= 15 is 0 Å². The molecule has 0 atom stereocenters. The first-order chi connectivity index (χ1) is 3.27. The Kier molecular flexibility index (Phi) is 3.42. The van der Waals surface area contributed by atoms with Gasteiger partial charge < -0.3 is 9.90 Å². The van der Waals surface area contributed by atoms with Gasteiger partial charge in [0.2, 0.25) is 0 Å². The second-order valence-electron chi connectivity index (χ2n) is 0.876. The number of halogens is 1. The topological polar surface area (TPSA) is 40.1 Å². The number of allylic oxidation sites excluding steroid dienone is 1. The highest BCUT2D eigenvalue weighted by Crippen LogP contribution is 1.74. The highest BCUT2D eigenvalue weighted by molar-refractivity contribution is 6.19. The number of rotatable bonds is 2. The van der Waals surface area contributed by atoms with Gasteiger partial charge in [0.25, 0.3) is 0 Å². The van der Waals surface area contributed by atoms with Crippen molar-refractivity contribution in [3.05, 3.63) is 12.2 Å². The van der Waals surface area contributed by atoms with Crippen LogP contribution in [0.15, 0.2) is 12.2 Å². The van der Waals surface area contributed by atoms with E-state index in [-0.39, 0.29) is 5.88 Å². The summed E-state index contributed by atoms with van der Waals surface area (Å²) >= 11 is 5.07. The molecular weight excluding hydrogens is 115 g/mol. The number of carboxylic acid groups (broad SMARTS) is 1. The summed E-state index contributed by atoms with van der Waals surface area (Å²) in [4.78, 5) is 9.50. The van der Waals surface area contributed by atoms with Gasteiger partial charge in [-0.15, -0.1) is 11.6 Å². The molecule has 0 saturated heterocycles. The third-order valence-corrected chi connectivity index (χ3v) is 0.521. The van der Waals surface area contributed by atoms with Crippen LogP contribution in [0.25, 0.3) is 0 Å². The first-order valence-corrected chi connectivity index (χ1v) is 2.24. The van der Waals surface area contributed by atoms with Gasteiger partial charge in [-0.05, 0) is 6.08 Å². The summed E-state index contributed by atoms with van der Waals surface area (Å²) < 4.78 is 0. The largest absolute Gasteiger partial charge is 0.545 e. The smallest absolute Gasteiger partial charge is 0.0640 e. The van der Waals surface area contributed by atoms with Crippen LogP contribution in [0.4, 0.5) is 0 Å². The van der Waals surface area contributed by atoms with Gasteiger partial charge >= 0.3 is 0 Å². The highest BCUT2D eigenvalue weighted by Gasteiger charge is 1.67. The Balaban J connectivity index is 3.26. The average Bonchev–Trinajstić information content (AvgIpc) is 1.61. The fourth-order valence-electron chi connectivity index (χ4n) is 0.141. The molecule has 0 unspecified atom stereocenters. The van der Waals surface area contributed by atoms with E-state index in [4.69, 9.17) is 11.6 Å². The van der Waals surface area contributed by atoms with Gasteiger partial charge in [0, 0.05) is 5.88 Å². The Morgan fingerprint density at radius 1 is 1.86 bits per heavy atom. The molecular formula is C4H4ClO2-. The van der Waals surface area contributed by atoms with Gasteiger partial charge in [-0.25, -0.2) is 0 Å². The molecule has 0 rings (SSSR count). The fourth-order valence-corrected chi connectivity index (χ4v) is 0.230. The lowest BCUT2D eigenvalue weighted by atomic mass is 10.5. The Labute approximate surface area is 46.4 Å². The van der Waals surface area contributed by atoms with E-state index < -0.39 is 5.97 Å². The molecule has 0 fully saturated rings. The Bertz CT molecular complexity index is 87.7. The van der Waals surface area contributed by atoms with E-state index in [1.54, 1.807) is 0 Å². The molecule has 7 heavy (non-hydrogen) atoms. The lowest BCUT2D eigenvalue weighted by Crippen LogP contribution is -2.18. The van der Waals surface area contributed by atoms with E-state index in [0.717, 1.165) is 6.08 Å². The molecule has 0 heterocycles.